The lowest BCUT2D eigenvalue weighted by molar-refractivity contribution is -0.124. The molecule has 98 valence electrons. The average Bonchev–Trinajstić information content (AvgIpc) is 3.14. The highest BCUT2D eigenvalue weighted by Gasteiger charge is 2.60. The third-order valence-electron chi connectivity index (χ3n) is 4.17. The summed E-state index contributed by atoms with van der Waals surface area (Å²) in [5.41, 5.74) is 1.02. The minimum atomic E-state index is -0.395. The standard InChI is InChI=1S/C15H10N2O3/c16-7-8-1-3-9(4-2-8)17-14(18)12-10-5-6-11(20-10)13(12)15(17)19/h1-6,10-13H/t10-,11-,12-,13-/m0/s1. The Hall–Kier alpha value is -2.45. The Morgan fingerprint density at radius 2 is 1.55 bits per heavy atom. The topological polar surface area (TPSA) is 70.4 Å². The van der Waals surface area contributed by atoms with Gasteiger partial charge in [-0.1, -0.05) is 12.2 Å². The van der Waals surface area contributed by atoms with Crippen LogP contribution in [-0.4, -0.2) is 24.0 Å². The normalized spacial score (nSPS) is 33.6. The summed E-state index contributed by atoms with van der Waals surface area (Å²) in [6, 6.07) is 8.48. The number of rotatable bonds is 1. The molecule has 0 N–H and O–H groups in total. The van der Waals surface area contributed by atoms with E-state index >= 15 is 0 Å². The Balaban J connectivity index is 1.72. The van der Waals surface area contributed by atoms with E-state index in [-0.39, 0.29) is 24.0 Å². The number of fused-ring (bicyclic) bond motifs is 5. The van der Waals surface area contributed by atoms with E-state index in [0.29, 0.717) is 11.3 Å². The zero-order valence-electron chi connectivity index (χ0n) is 10.4. The molecule has 0 radical (unpaired) electrons. The Kier molecular flexibility index (Phi) is 2.15. The van der Waals surface area contributed by atoms with Gasteiger partial charge < -0.3 is 4.74 Å². The molecule has 3 heterocycles. The molecule has 0 aliphatic carbocycles. The fourth-order valence-electron chi connectivity index (χ4n) is 3.24. The van der Waals surface area contributed by atoms with Gasteiger partial charge in [0.15, 0.2) is 0 Å². The summed E-state index contributed by atoms with van der Waals surface area (Å²) in [4.78, 5) is 26.2. The summed E-state index contributed by atoms with van der Waals surface area (Å²) in [5, 5.41) is 8.78. The molecule has 1 aromatic carbocycles. The minimum absolute atomic E-state index is 0.207. The molecular weight excluding hydrogens is 256 g/mol. The number of hydrogen-bond donors (Lipinski definition) is 0. The van der Waals surface area contributed by atoms with Crippen LogP contribution in [0.5, 0.6) is 0 Å². The van der Waals surface area contributed by atoms with Crippen LogP contribution in [0.3, 0.4) is 0 Å². The molecule has 2 saturated heterocycles. The first-order chi connectivity index (χ1) is 9.70. The van der Waals surface area contributed by atoms with Crippen molar-refractivity contribution in [2.24, 2.45) is 11.8 Å². The molecule has 4 atom stereocenters. The van der Waals surface area contributed by atoms with E-state index in [1.54, 1.807) is 24.3 Å². The Bertz CT molecular complexity index is 656. The monoisotopic (exact) mass is 266 g/mol. The number of benzene rings is 1. The van der Waals surface area contributed by atoms with E-state index in [2.05, 4.69) is 0 Å². The van der Waals surface area contributed by atoms with E-state index in [1.165, 1.54) is 4.90 Å². The first-order valence-corrected chi connectivity index (χ1v) is 6.42. The molecule has 0 aromatic heterocycles. The second kappa shape index (κ2) is 3.78. The summed E-state index contributed by atoms with van der Waals surface area (Å²) >= 11 is 0. The van der Waals surface area contributed by atoms with Crippen molar-refractivity contribution >= 4 is 17.5 Å². The van der Waals surface area contributed by atoms with Gasteiger partial charge >= 0.3 is 0 Å². The molecule has 0 saturated carbocycles. The van der Waals surface area contributed by atoms with Crippen molar-refractivity contribution in [2.75, 3.05) is 4.90 Å². The van der Waals surface area contributed by atoms with Crippen molar-refractivity contribution in [2.45, 2.75) is 12.2 Å². The summed E-state index contributed by atoms with van der Waals surface area (Å²) < 4.78 is 5.58. The molecule has 5 heteroatoms. The van der Waals surface area contributed by atoms with E-state index in [1.807, 2.05) is 18.2 Å². The molecular formula is C15H10N2O3. The summed E-state index contributed by atoms with van der Waals surface area (Å²) in [7, 11) is 0. The second-order valence-corrected chi connectivity index (χ2v) is 5.17. The maximum absolute atomic E-state index is 12.5. The van der Waals surface area contributed by atoms with E-state index in [4.69, 9.17) is 10.00 Å². The molecule has 20 heavy (non-hydrogen) atoms. The molecule has 2 amide bonds. The van der Waals surface area contributed by atoms with Crippen molar-refractivity contribution < 1.29 is 14.3 Å². The van der Waals surface area contributed by atoms with Crippen molar-refractivity contribution in [3.63, 3.8) is 0 Å². The number of hydrogen-bond acceptors (Lipinski definition) is 4. The molecule has 0 spiro atoms. The third-order valence-corrected chi connectivity index (χ3v) is 4.17. The highest BCUT2D eigenvalue weighted by molar-refractivity contribution is 6.23. The quantitative estimate of drug-likeness (QED) is 0.561. The van der Waals surface area contributed by atoms with Gasteiger partial charge in [0, 0.05) is 0 Å². The van der Waals surface area contributed by atoms with Crippen molar-refractivity contribution in [3.8, 4) is 6.07 Å². The lowest BCUT2D eigenvalue weighted by Gasteiger charge is -2.17. The molecule has 3 aliphatic heterocycles. The van der Waals surface area contributed by atoms with E-state index in [9.17, 15) is 9.59 Å². The van der Waals surface area contributed by atoms with Gasteiger partial charge in [-0.05, 0) is 24.3 Å². The van der Waals surface area contributed by atoms with Gasteiger partial charge in [-0.3, -0.25) is 9.59 Å². The largest absolute Gasteiger partial charge is 0.365 e. The van der Waals surface area contributed by atoms with Crippen LogP contribution >= 0.6 is 0 Å². The maximum atomic E-state index is 12.5. The van der Waals surface area contributed by atoms with Gasteiger partial charge in [0.2, 0.25) is 11.8 Å². The molecule has 4 rings (SSSR count). The molecule has 2 fully saturated rings. The van der Waals surface area contributed by atoms with Gasteiger partial charge in [-0.15, -0.1) is 0 Å². The first-order valence-electron chi connectivity index (χ1n) is 6.42. The fourth-order valence-corrected chi connectivity index (χ4v) is 3.24. The minimum Gasteiger partial charge on any atom is -0.365 e. The van der Waals surface area contributed by atoms with Crippen LogP contribution in [0, 0.1) is 23.2 Å². The number of imide groups is 1. The Labute approximate surface area is 115 Å². The van der Waals surface area contributed by atoms with Crippen molar-refractivity contribution in [3.05, 3.63) is 42.0 Å². The van der Waals surface area contributed by atoms with E-state index < -0.39 is 11.8 Å². The van der Waals surface area contributed by atoms with Crippen LogP contribution in [0.15, 0.2) is 36.4 Å². The smallest absolute Gasteiger partial charge is 0.240 e. The molecule has 5 nitrogen and oxygen atoms in total. The third kappa shape index (κ3) is 1.29. The van der Waals surface area contributed by atoms with Gasteiger partial charge in [0.1, 0.15) is 0 Å². The predicted molar refractivity (Wildman–Crippen MR) is 68.4 cm³/mol. The summed E-state index contributed by atoms with van der Waals surface area (Å²) in [6.07, 6.45) is 3.17. The zero-order chi connectivity index (χ0) is 13.9. The molecule has 3 aliphatic rings. The van der Waals surface area contributed by atoms with Crippen LogP contribution in [0.25, 0.3) is 0 Å². The van der Waals surface area contributed by atoms with Crippen molar-refractivity contribution in [1.29, 1.82) is 5.26 Å². The zero-order valence-corrected chi connectivity index (χ0v) is 10.4. The predicted octanol–water partition coefficient (Wildman–Crippen LogP) is 1.00. The van der Waals surface area contributed by atoms with Crippen LogP contribution in [0.4, 0.5) is 5.69 Å². The Morgan fingerprint density at radius 3 is 2.05 bits per heavy atom. The maximum Gasteiger partial charge on any atom is 0.240 e. The molecule has 2 bridgehead atoms. The Morgan fingerprint density at radius 1 is 1.00 bits per heavy atom. The lowest BCUT2D eigenvalue weighted by atomic mass is 9.85. The number of nitriles is 1. The van der Waals surface area contributed by atoms with Crippen LogP contribution < -0.4 is 4.90 Å². The highest BCUT2D eigenvalue weighted by atomic mass is 16.5. The average molecular weight is 266 g/mol. The summed E-state index contributed by atoms with van der Waals surface area (Å²) in [6.45, 7) is 0. The highest BCUT2D eigenvalue weighted by Crippen LogP contribution is 2.46. The number of ether oxygens (including phenoxy) is 1. The lowest BCUT2D eigenvalue weighted by Crippen LogP contribution is -2.34. The van der Waals surface area contributed by atoms with Gasteiger partial charge in [0.25, 0.3) is 0 Å². The molecule has 0 unspecified atom stereocenters. The van der Waals surface area contributed by atoms with Crippen LogP contribution in [-0.2, 0) is 14.3 Å². The van der Waals surface area contributed by atoms with Crippen LogP contribution in [0.1, 0.15) is 5.56 Å². The molecule has 1 aromatic rings. The van der Waals surface area contributed by atoms with Gasteiger partial charge in [0.05, 0.1) is 41.4 Å². The fraction of sp³-hybridized carbons (Fsp3) is 0.267. The summed E-state index contributed by atoms with van der Waals surface area (Å²) in [5.74, 6) is -1.20. The number of anilines is 1. The second-order valence-electron chi connectivity index (χ2n) is 5.17. The number of carbonyl (C=O) groups is 2. The van der Waals surface area contributed by atoms with Gasteiger partial charge in [-0.2, -0.15) is 5.26 Å². The van der Waals surface area contributed by atoms with Gasteiger partial charge in [-0.25, -0.2) is 4.90 Å². The van der Waals surface area contributed by atoms with E-state index in [0.717, 1.165) is 0 Å². The number of nitrogens with zero attached hydrogens (tertiary/aromatic N) is 2. The van der Waals surface area contributed by atoms with Crippen LogP contribution in [0.2, 0.25) is 0 Å². The number of carbonyl (C=O) groups excluding carboxylic acids is 2. The number of amides is 2. The van der Waals surface area contributed by atoms with Crippen molar-refractivity contribution in [1.82, 2.24) is 0 Å². The SMILES string of the molecule is N#Cc1ccc(N2C(=O)[C@@H]3[C@@H](C2=O)[C@@H]2C=C[C@@H]3O2)cc1. The first kappa shape index (κ1) is 11.4.